The number of aryl methyl sites for hydroxylation is 1. The summed E-state index contributed by atoms with van der Waals surface area (Å²) in [5.41, 5.74) is 6.07. The molecule has 2 aromatic heterocycles. The van der Waals surface area contributed by atoms with Crippen molar-refractivity contribution in [1.29, 1.82) is 0 Å². The van der Waals surface area contributed by atoms with Crippen molar-refractivity contribution < 1.29 is 14.3 Å². The summed E-state index contributed by atoms with van der Waals surface area (Å²) in [6, 6.07) is 10.7. The highest BCUT2D eigenvalue weighted by Crippen LogP contribution is 2.45. The average Bonchev–Trinajstić information content (AvgIpc) is 3.54. The zero-order chi connectivity index (χ0) is 26.5. The van der Waals surface area contributed by atoms with E-state index in [-0.39, 0.29) is 17.4 Å². The van der Waals surface area contributed by atoms with Crippen molar-refractivity contribution in [2.24, 2.45) is 0 Å². The number of hydrogen-bond donors (Lipinski definition) is 0. The number of benzene rings is 1. The summed E-state index contributed by atoms with van der Waals surface area (Å²) in [6.45, 7) is 11.5. The number of thiophene rings is 1. The van der Waals surface area contributed by atoms with Gasteiger partial charge in [0.05, 0.1) is 18.5 Å². The topological polar surface area (TPSA) is 58.0 Å². The first-order chi connectivity index (χ1) is 17.6. The maximum atomic E-state index is 13.7. The summed E-state index contributed by atoms with van der Waals surface area (Å²) in [5.74, 6) is 1.01. The molecule has 5 rings (SSSR count). The molecule has 37 heavy (non-hydrogen) atoms. The first-order valence-corrected chi connectivity index (χ1v) is 13.8. The molecule has 0 spiro atoms. The van der Waals surface area contributed by atoms with Crippen LogP contribution in [0.15, 0.2) is 35.7 Å². The highest BCUT2D eigenvalue weighted by atomic mass is 32.1. The zero-order valence-corrected chi connectivity index (χ0v) is 23.4. The van der Waals surface area contributed by atoms with Crippen LogP contribution in [0.4, 0.5) is 5.69 Å². The number of ether oxygens (including phenoxy) is 1. The van der Waals surface area contributed by atoms with Gasteiger partial charge in [0.15, 0.2) is 0 Å². The molecule has 2 amide bonds. The number of methoxy groups -OCH3 is 1. The highest BCUT2D eigenvalue weighted by molar-refractivity contribution is 7.13. The summed E-state index contributed by atoms with van der Waals surface area (Å²) in [4.78, 5) is 32.8. The molecule has 0 atom stereocenters. The van der Waals surface area contributed by atoms with Gasteiger partial charge in [-0.15, -0.1) is 11.3 Å². The fourth-order valence-electron chi connectivity index (χ4n) is 5.29. The Morgan fingerprint density at radius 3 is 2.35 bits per heavy atom. The predicted octanol–water partition coefficient (Wildman–Crippen LogP) is 4.99. The number of anilines is 1. The molecule has 4 heterocycles. The number of aromatic nitrogens is 1. The number of hydrogen-bond acceptors (Lipinski definition) is 5. The van der Waals surface area contributed by atoms with E-state index in [1.807, 2.05) is 16.8 Å². The Hall–Kier alpha value is -3.26. The lowest BCUT2D eigenvalue weighted by Crippen LogP contribution is -2.48. The number of nitrogens with zero attached hydrogens (tertiary/aromatic N) is 4. The molecule has 0 bridgehead atoms. The number of carbonyl (C=O) groups is 2. The molecule has 2 aliphatic heterocycles. The third-order valence-corrected chi connectivity index (χ3v) is 8.65. The highest BCUT2D eigenvalue weighted by Gasteiger charge is 2.32. The third kappa shape index (κ3) is 4.52. The molecule has 3 aromatic rings. The fourth-order valence-corrected chi connectivity index (χ4v) is 6.03. The van der Waals surface area contributed by atoms with Crippen LogP contribution in [0.2, 0.25) is 0 Å². The molecule has 0 radical (unpaired) electrons. The van der Waals surface area contributed by atoms with Crippen LogP contribution >= 0.6 is 11.3 Å². The second-order valence-corrected chi connectivity index (χ2v) is 11.8. The van der Waals surface area contributed by atoms with Crippen molar-refractivity contribution in [1.82, 2.24) is 14.4 Å². The Kier molecular flexibility index (Phi) is 6.56. The fraction of sp³-hybridized carbons (Fsp3) is 0.448. The van der Waals surface area contributed by atoms with Gasteiger partial charge in [0, 0.05) is 68.2 Å². The molecule has 1 fully saturated rings. The van der Waals surface area contributed by atoms with E-state index in [1.165, 1.54) is 5.56 Å². The normalized spacial score (nSPS) is 15.3. The van der Waals surface area contributed by atoms with Crippen molar-refractivity contribution in [3.63, 3.8) is 0 Å². The Labute approximate surface area is 223 Å². The van der Waals surface area contributed by atoms with Crippen LogP contribution in [0.25, 0.3) is 21.7 Å². The third-order valence-electron chi connectivity index (χ3n) is 7.74. The largest absolute Gasteiger partial charge is 0.495 e. The first kappa shape index (κ1) is 25.4. The predicted molar refractivity (Wildman–Crippen MR) is 150 cm³/mol. The summed E-state index contributed by atoms with van der Waals surface area (Å²) < 4.78 is 8.07. The van der Waals surface area contributed by atoms with Gasteiger partial charge in [-0.25, -0.2) is 0 Å². The Morgan fingerprint density at radius 1 is 1.03 bits per heavy atom. The van der Waals surface area contributed by atoms with E-state index in [9.17, 15) is 9.59 Å². The van der Waals surface area contributed by atoms with E-state index in [1.54, 1.807) is 25.4 Å². The number of carbonyl (C=O) groups excluding carboxylic acids is 2. The van der Waals surface area contributed by atoms with Gasteiger partial charge in [-0.3, -0.25) is 9.59 Å². The summed E-state index contributed by atoms with van der Waals surface area (Å²) in [7, 11) is 3.60. The van der Waals surface area contributed by atoms with Crippen molar-refractivity contribution >= 4 is 28.8 Å². The van der Waals surface area contributed by atoms with E-state index in [4.69, 9.17) is 4.74 Å². The van der Waals surface area contributed by atoms with Crippen LogP contribution < -0.4 is 9.64 Å². The monoisotopic (exact) mass is 520 g/mol. The molecule has 0 N–H and O–H groups in total. The van der Waals surface area contributed by atoms with E-state index in [2.05, 4.69) is 66.0 Å². The van der Waals surface area contributed by atoms with Crippen LogP contribution in [-0.2, 0) is 17.8 Å². The van der Waals surface area contributed by atoms with Gasteiger partial charge in [-0.2, -0.15) is 0 Å². The minimum atomic E-state index is -0.278. The van der Waals surface area contributed by atoms with E-state index >= 15 is 0 Å². The maximum Gasteiger partial charge on any atom is 0.270 e. The van der Waals surface area contributed by atoms with Gasteiger partial charge in [0.25, 0.3) is 5.91 Å². The molecule has 0 aliphatic carbocycles. The molecule has 0 saturated carbocycles. The second kappa shape index (κ2) is 9.56. The molecule has 196 valence electrons. The number of fused-ring (bicyclic) bond motifs is 3. The van der Waals surface area contributed by atoms with E-state index in [0.29, 0.717) is 13.1 Å². The molecular weight excluding hydrogens is 484 g/mol. The van der Waals surface area contributed by atoms with Gasteiger partial charge < -0.3 is 24.0 Å². The minimum Gasteiger partial charge on any atom is -0.495 e. The van der Waals surface area contributed by atoms with Gasteiger partial charge in [0.1, 0.15) is 11.4 Å². The van der Waals surface area contributed by atoms with Crippen LogP contribution in [0, 0.1) is 0 Å². The van der Waals surface area contributed by atoms with Gasteiger partial charge in [0.2, 0.25) is 5.91 Å². The lowest BCUT2D eigenvalue weighted by Gasteiger charge is -2.37. The maximum absolute atomic E-state index is 13.7. The summed E-state index contributed by atoms with van der Waals surface area (Å²) >= 11 is 1.69. The van der Waals surface area contributed by atoms with Crippen LogP contribution in [0.5, 0.6) is 5.75 Å². The van der Waals surface area contributed by atoms with Crippen LogP contribution in [-0.4, -0.2) is 72.1 Å². The second-order valence-electron chi connectivity index (χ2n) is 10.9. The zero-order valence-electron chi connectivity index (χ0n) is 22.6. The van der Waals surface area contributed by atoms with Crippen molar-refractivity contribution in [3.05, 3.63) is 47.0 Å². The van der Waals surface area contributed by atoms with Crippen LogP contribution in [0.3, 0.4) is 0 Å². The lowest BCUT2D eigenvalue weighted by molar-refractivity contribution is -0.129. The SMILES string of the molecule is COc1cc2c(cc1N1CCN(C(C)=O)CC1)-c1c(-c3cccs3)cc(C(=O)N(C)C(C)(C)C)n1CC2. The molecular formula is C29H36N4O3S. The minimum absolute atomic E-state index is 0.0362. The summed E-state index contributed by atoms with van der Waals surface area (Å²) in [6.07, 6.45) is 0.829. The first-order valence-electron chi connectivity index (χ1n) is 12.9. The lowest BCUT2D eigenvalue weighted by atomic mass is 9.94. The molecule has 1 saturated heterocycles. The number of amides is 2. The molecule has 8 heteroatoms. The van der Waals surface area contributed by atoms with Gasteiger partial charge in [-0.05, 0) is 62.4 Å². The number of piperazine rings is 1. The van der Waals surface area contributed by atoms with Crippen molar-refractivity contribution in [2.75, 3.05) is 45.2 Å². The Bertz CT molecular complexity index is 1330. The van der Waals surface area contributed by atoms with Gasteiger partial charge in [-0.1, -0.05) is 6.07 Å². The number of rotatable bonds is 4. The molecule has 7 nitrogen and oxygen atoms in total. The average molecular weight is 521 g/mol. The molecule has 1 aromatic carbocycles. The Balaban J connectivity index is 1.64. The molecule has 2 aliphatic rings. The van der Waals surface area contributed by atoms with Crippen LogP contribution in [0.1, 0.15) is 43.7 Å². The van der Waals surface area contributed by atoms with Crippen molar-refractivity contribution in [2.45, 2.75) is 46.2 Å². The van der Waals surface area contributed by atoms with E-state index in [0.717, 1.165) is 64.9 Å². The smallest absolute Gasteiger partial charge is 0.270 e. The standard InChI is InChI=1S/C29H36N4O3S/c1-19(34)31-11-13-32(14-12-31)23-17-21-20(16-25(23)36-6)9-10-33-24(28(35)30(5)29(2,3)4)18-22(27(21)33)26-8-7-15-37-26/h7-8,15-18H,9-14H2,1-6H3. The Morgan fingerprint density at radius 2 is 1.76 bits per heavy atom. The van der Waals surface area contributed by atoms with Gasteiger partial charge >= 0.3 is 0 Å². The summed E-state index contributed by atoms with van der Waals surface area (Å²) in [5, 5.41) is 2.08. The quantitative estimate of drug-likeness (QED) is 0.487. The molecule has 0 unspecified atom stereocenters. The van der Waals surface area contributed by atoms with E-state index < -0.39 is 0 Å². The van der Waals surface area contributed by atoms with Crippen molar-refractivity contribution in [3.8, 4) is 27.4 Å².